The van der Waals surface area contributed by atoms with Crippen LogP contribution in [-0.2, 0) is 19.2 Å². The van der Waals surface area contributed by atoms with Crippen molar-refractivity contribution in [3.8, 4) is 0 Å². The summed E-state index contributed by atoms with van der Waals surface area (Å²) in [6.45, 7) is 3.23. The van der Waals surface area contributed by atoms with Crippen molar-refractivity contribution in [2.45, 2.75) is 6.92 Å². The molecule has 0 rings (SSSR count). The lowest BCUT2D eigenvalue weighted by atomic mass is 10.4. The maximum atomic E-state index is 11.0. The second-order valence-corrected chi connectivity index (χ2v) is 2.74. The Bertz CT molecular complexity index is 282. The van der Waals surface area contributed by atoms with E-state index in [4.69, 9.17) is 10.2 Å². The molecular formula is C8H11NO6. The molecule has 0 saturated heterocycles. The summed E-state index contributed by atoms with van der Waals surface area (Å²) in [6.07, 6.45) is 0. The monoisotopic (exact) mass is 217 g/mol. The standard InChI is InChI=1S/C8H11NO6/c1-5(2)8(14)15-9(3-6(10)11)4-7(12)13/h1,3-4H2,2H3,(H,10,11)(H,12,13). The van der Waals surface area contributed by atoms with Gasteiger partial charge in [0, 0.05) is 5.57 Å². The van der Waals surface area contributed by atoms with Crippen molar-refractivity contribution in [3.63, 3.8) is 0 Å². The number of carbonyl (C=O) groups is 3. The van der Waals surface area contributed by atoms with Crippen LogP contribution < -0.4 is 0 Å². The highest BCUT2D eigenvalue weighted by atomic mass is 16.7. The van der Waals surface area contributed by atoms with E-state index < -0.39 is 31.0 Å². The maximum absolute atomic E-state index is 11.0. The molecule has 0 amide bonds. The lowest BCUT2D eigenvalue weighted by Gasteiger charge is -2.16. The minimum absolute atomic E-state index is 0.0516. The van der Waals surface area contributed by atoms with E-state index in [-0.39, 0.29) is 5.57 Å². The molecule has 0 fully saturated rings. The van der Waals surface area contributed by atoms with Crippen molar-refractivity contribution < 1.29 is 29.4 Å². The lowest BCUT2D eigenvalue weighted by molar-refractivity contribution is -0.192. The Hall–Kier alpha value is -1.89. The molecule has 7 nitrogen and oxygen atoms in total. The topological polar surface area (TPSA) is 104 Å². The summed E-state index contributed by atoms with van der Waals surface area (Å²) >= 11 is 0. The van der Waals surface area contributed by atoms with E-state index in [9.17, 15) is 14.4 Å². The first-order chi connectivity index (χ1) is 6.82. The Morgan fingerprint density at radius 2 is 1.60 bits per heavy atom. The molecule has 0 radical (unpaired) electrons. The number of nitrogens with zero attached hydrogens (tertiary/aromatic N) is 1. The van der Waals surface area contributed by atoms with Crippen molar-refractivity contribution in [1.29, 1.82) is 0 Å². The van der Waals surface area contributed by atoms with E-state index >= 15 is 0 Å². The third kappa shape index (κ3) is 6.22. The molecule has 84 valence electrons. The zero-order valence-electron chi connectivity index (χ0n) is 8.10. The largest absolute Gasteiger partial charge is 0.480 e. The molecule has 0 aliphatic carbocycles. The second-order valence-electron chi connectivity index (χ2n) is 2.74. The Morgan fingerprint density at radius 3 is 1.87 bits per heavy atom. The van der Waals surface area contributed by atoms with Gasteiger partial charge in [-0.1, -0.05) is 6.58 Å². The van der Waals surface area contributed by atoms with E-state index in [1.807, 2.05) is 0 Å². The minimum Gasteiger partial charge on any atom is -0.480 e. The second kappa shape index (κ2) is 5.76. The number of carboxylic acid groups (broad SMARTS) is 2. The van der Waals surface area contributed by atoms with Crippen LogP contribution in [-0.4, -0.2) is 46.3 Å². The predicted octanol–water partition coefficient (Wildman–Crippen LogP) is -0.508. The van der Waals surface area contributed by atoms with Gasteiger partial charge in [-0.3, -0.25) is 9.59 Å². The normalized spacial score (nSPS) is 9.73. The summed E-state index contributed by atoms with van der Waals surface area (Å²) in [5.41, 5.74) is 0.0516. The van der Waals surface area contributed by atoms with E-state index in [1.54, 1.807) is 0 Å². The Balaban J connectivity index is 4.36. The number of hydroxylamine groups is 2. The van der Waals surface area contributed by atoms with Crippen molar-refractivity contribution in [3.05, 3.63) is 12.2 Å². The van der Waals surface area contributed by atoms with E-state index in [0.29, 0.717) is 5.06 Å². The van der Waals surface area contributed by atoms with E-state index in [2.05, 4.69) is 11.4 Å². The predicted molar refractivity (Wildman–Crippen MR) is 47.8 cm³/mol. The third-order valence-corrected chi connectivity index (χ3v) is 1.18. The van der Waals surface area contributed by atoms with Gasteiger partial charge in [-0.25, -0.2) is 4.79 Å². The molecule has 0 bridgehead atoms. The van der Waals surface area contributed by atoms with Gasteiger partial charge < -0.3 is 15.1 Å². The number of rotatable bonds is 6. The van der Waals surface area contributed by atoms with Gasteiger partial charge in [0.25, 0.3) is 0 Å². The maximum Gasteiger partial charge on any atom is 0.352 e. The van der Waals surface area contributed by atoms with Crippen LogP contribution in [0.25, 0.3) is 0 Å². The first-order valence-electron chi connectivity index (χ1n) is 3.89. The van der Waals surface area contributed by atoms with Gasteiger partial charge >= 0.3 is 17.9 Å². The molecule has 15 heavy (non-hydrogen) atoms. The quantitative estimate of drug-likeness (QED) is 0.456. The van der Waals surface area contributed by atoms with Crippen LogP contribution in [0.1, 0.15) is 6.92 Å². The average molecular weight is 217 g/mol. The average Bonchev–Trinajstić information content (AvgIpc) is 2.00. The highest BCUT2D eigenvalue weighted by Gasteiger charge is 2.18. The lowest BCUT2D eigenvalue weighted by Crippen LogP contribution is -2.36. The summed E-state index contributed by atoms with van der Waals surface area (Å²) in [4.78, 5) is 36.0. The van der Waals surface area contributed by atoms with Gasteiger partial charge in [-0.15, -0.1) is 5.06 Å². The van der Waals surface area contributed by atoms with Gasteiger partial charge in [0.05, 0.1) is 0 Å². The first-order valence-corrected chi connectivity index (χ1v) is 3.89. The van der Waals surface area contributed by atoms with Crippen LogP contribution in [0.3, 0.4) is 0 Å². The number of carboxylic acids is 2. The number of hydrogen-bond donors (Lipinski definition) is 2. The minimum atomic E-state index is -1.30. The van der Waals surface area contributed by atoms with Crippen LogP contribution in [0.2, 0.25) is 0 Å². The fourth-order valence-corrected chi connectivity index (χ4v) is 0.617. The van der Waals surface area contributed by atoms with E-state index in [0.717, 1.165) is 0 Å². The highest BCUT2D eigenvalue weighted by Crippen LogP contribution is 1.97. The van der Waals surface area contributed by atoms with Gasteiger partial charge in [0.2, 0.25) is 0 Å². The molecule has 0 saturated carbocycles. The third-order valence-electron chi connectivity index (χ3n) is 1.18. The fraction of sp³-hybridized carbons (Fsp3) is 0.375. The van der Waals surface area contributed by atoms with Gasteiger partial charge in [-0.2, -0.15) is 0 Å². The highest BCUT2D eigenvalue weighted by molar-refractivity contribution is 5.87. The summed E-state index contributed by atoms with van der Waals surface area (Å²) in [5.74, 6) is -3.46. The molecule has 0 unspecified atom stereocenters. The van der Waals surface area contributed by atoms with E-state index in [1.165, 1.54) is 6.92 Å². The molecule has 0 atom stereocenters. The molecule has 0 aromatic carbocycles. The van der Waals surface area contributed by atoms with Crippen LogP contribution >= 0.6 is 0 Å². The Kier molecular flexibility index (Phi) is 5.03. The van der Waals surface area contributed by atoms with Crippen LogP contribution in [0, 0.1) is 0 Å². The van der Waals surface area contributed by atoms with Crippen LogP contribution in [0.5, 0.6) is 0 Å². The summed E-state index contributed by atoms with van der Waals surface area (Å²) in [5, 5.41) is 17.3. The van der Waals surface area contributed by atoms with Crippen molar-refractivity contribution in [2.24, 2.45) is 0 Å². The zero-order chi connectivity index (χ0) is 12.0. The molecule has 7 heteroatoms. The van der Waals surface area contributed by atoms with Gasteiger partial charge in [-0.05, 0) is 6.92 Å². The first kappa shape index (κ1) is 13.1. The van der Waals surface area contributed by atoms with Crippen LogP contribution in [0.15, 0.2) is 12.2 Å². The SMILES string of the molecule is C=C(C)C(=O)ON(CC(=O)O)CC(=O)O. The molecule has 0 aliphatic rings. The van der Waals surface area contributed by atoms with Crippen molar-refractivity contribution in [1.82, 2.24) is 5.06 Å². The molecule has 0 aliphatic heterocycles. The molecular weight excluding hydrogens is 206 g/mol. The summed E-state index contributed by atoms with van der Waals surface area (Å²) < 4.78 is 0. The molecule has 0 aromatic rings. The van der Waals surface area contributed by atoms with Crippen molar-refractivity contribution >= 4 is 17.9 Å². The Labute approximate surface area is 85.5 Å². The van der Waals surface area contributed by atoms with Crippen LogP contribution in [0.4, 0.5) is 0 Å². The summed E-state index contributed by atoms with van der Waals surface area (Å²) in [7, 11) is 0. The number of carbonyl (C=O) groups excluding carboxylic acids is 1. The summed E-state index contributed by atoms with van der Waals surface area (Å²) in [6, 6.07) is 0. The smallest absolute Gasteiger partial charge is 0.352 e. The molecule has 0 heterocycles. The number of hydrogen-bond acceptors (Lipinski definition) is 5. The Morgan fingerprint density at radius 1 is 1.20 bits per heavy atom. The molecule has 2 N–H and O–H groups in total. The number of aliphatic carboxylic acids is 2. The van der Waals surface area contributed by atoms with Gasteiger partial charge in [0.1, 0.15) is 13.1 Å². The molecule has 0 aromatic heterocycles. The zero-order valence-corrected chi connectivity index (χ0v) is 8.10. The molecule has 0 spiro atoms. The van der Waals surface area contributed by atoms with Gasteiger partial charge in [0.15, 0.2) is 0 Å². The fourth-order valence-electron chi connectivity index (χ4n) is 0.617. The van der Waals surface area contributed by atoms with Crippen molar-refractivity contribution in [2.75, 3.05) is 13.1 Å².